The van der Waals surface area contributed by atoms with E-state index in [-0.39, 0.29) is 0 Å². The summed E-state index contributed by atoms with van der Waals surface area (Å²) >= 11 is 6.30. The average Bonchev–Trinajstić information content (AvgIpc) is 2.73. The molecule has 1 aliphatic rings. The van der Waals surface area contributed by atoms with Gasteiger partial charge in [-0.15, -0.1) is 0 Å². The highest BCUT2D eigenvalue weighted by atomic mass is 35.5. The molecule has 1 fully saturated rings. The number of fused-ring (bicyclic) bond motifs is 1. The molecule has 3 aromatic rings. The Labute approximate surface area is 165 Å². The van der Waals surface area contributed by atoms with Crippen molar-refractivity contribution in [3.8, 4) is 0 Å². The fraction of sp³-hybridized carbons (Fsp3) is 0.333. The molecule has 1 N–H and O–H groups in total. The van der Waals surface area contributed by atoms with E-state index in [0.29, 0.717) is 6.54 Å². The van der Waals surface area contributed by atoms with Gasteiger partial charge in [-0.05, 0) is 30.3 Å². The van der Waals surface area contributed by atoms with Gasteiger partial charge in [-0.25, -0.2) is 4.98 Å². The number of anilines is 2. The second-order valence-electron chi connectivity index (χ2n) is 6.76. The lowest BCUT2D eigenvalue weighted by atomic mass is 10.2. The maximum atomic E-state index is 6.30. The third-order valence-electron chi connectivity index (χ3n) is 5.10. The fourth-order valence-corrected chi connectivity index (χ4v) is 3.63. The summed E-state index contributed by atoms with van der Waals surface area (Å²) in [7, 11) is 0. The highest BCUT2D eigenvalue weighted by Crippen LogP contribution is 2.25. The second-order valence-corrected chi connectivity index (χ2v) is 7.16. The molecule has 5 nitrogen and oxygen atoms in total. The molecule has 0 atom stereocenters. The van der Waals surface area contributed by atoms with Gasteiger partial charge in [0.15, 0.2) is 0 Å². The van der Waals surface area contributed by atoms with Gasteiger partial charge >= 0.3 is 0 Å². The van der Waals surface area contributed by atoms with Gasteiger partial charge in [-0.2, -0.15) is 4.98 Å². The largest absolute Gasteiger partial charge is 0.365 e. The smallest absolute Gasteiger partial charge is 0.227 e. The van der Waals surface area contributed by atoms with Crippen molar-refractivity contribution >= 4 is 34.3 Å². The van der Waals surface area contributed by atoms with Crippen LogP contribution in [-0.2, 0) is 6.54 Å². The third-order valence-corrected chi connectivity index (χ3v) is 5.47. The van der Waals surface area contributed by atoms with Gasteiger partial charge in [0.2, 0.25) is 5.95 Å². The van der Waals surface area contributed by atoms with Crippen molar-refractivity contribution in [2.45, 2.75) is 13.5 Å². The Hall–Kier alpha value is -2.37. The monoisotopic (exact) mass is 381 g/mol. The molecule has 6 heteroatoms. The molecule has 2 heterocycles. The van der Waals surface area contributed by atoms with E-state index in [1.807, 2.05) is 42.5 Å². The molecule has 0 saturated carbocycles. The Kier molecular flexibility index (Phi) is 5.41. The molecule has 0 bridgehead atoms. The number of benzene rings is 2. The van der Waals surface area contributed by atoms with Gasteiger partial charge in [0.1, 0.15) is 5.82 Å². The van der Waals surface area contributed by atoms with E-state index in [0.717, 1.165) is 66.0 Å². The van der Waals surface area contributed by atoms with Gasteiger partial charge in [-0.1, -0.05) is 48.9 Å². The summed E-state index contributed by atoms with van der Waals surface area (Å²) in [6.45, 7) is 7.94. The molecule has 1 saturated heterocycles. The van der Waals surface area contributed by atoms with Crippen LogP contribution in [0.15, 0.2) is 48.5 Å². The zero-order valence-electron chi connectivity index (χ0n) is 15.5. The van der Waals surface area contributed by atoms with E-state index in [9.17, 15) is 0 Å². The zero-order chi connectivity index (χ0) is 18.6. The van der Waals surface area contributed by atoms with Crippen LogP contribution in [0.3, 0.4) is 0 Å². The summed E-state index contributed by atoms with van der Waals surface area (Å²) in [6.07, 6.45) is 0. The Morgan fingerprint density at radius 3 is 2.48 bits per heavy atom. The summed E-state index contributed by atoms with van der Waals surface area (Å²) in [6, 6.07) is 16.0. The van der Waals surface area contributed by atoms with Crippen LogP contribution in [0.1, 0.15) is 12.5 Å². The van der Waals surface area contributed by atoms with Crippen LogP contribution in [0.2, 0.25) is 5.02 Å². The van der Waals surface area contributed by atoms with Crippen LogP contribution in [0.5, 0.6) is 0 Å². The number of piperazine rings is 1. The first-order chi connectivity index (χ1) is 13.2. The molecule has 0 unspecified atom stereocenters. The average molecular weight is 382 g/mol. The predicted molar refractivity (Wildman–Crippen MR) is 113 cm³/mol. The Bertz CT molecular complexity index is 921. The Morgan fingerprint density at radius 2 is 1.70 bits per heavy atom. The van der Waals surface area contributed by atoms with Gasteiger partial charge in [0, 0.05) is 43.1 Å². The maximum absolute atomic E-state index is 6.30. The standard InChI is InChI=1S/C21H24ClN5/c1-2-26-11-13-27(14-12-26)21-24-19-10-6-4-8-17(19)20(25-21)23-15-16-7-3-5-9-18(16)22/h3-10H,2,11-15H2,1H3,(H,23,24,25). The summed E-state index contributed by atoms with van der Waals surface area (Å²) in [5.41, 5.74) is 2.02. The number of hydrogen-bond acceptors (Lipinski definition) is 5. The number of nitrogens with zero attached hydrogens (tertiary/aromatic N) is 4. The van der Waals surface area contributed by atoms with E-state index < -0.39 is 0 Å². The molecule has 27 heavy (non-hydrogen) atoms. The molecular weight excluding hydrogens is 358 g/mol. The van der Waals surface area contributed by atoms with Gasteiger partial charge in [0.05, 0.1) is 5.52 Å². The fourth-order valence-electron chi connectivity index (χ4n) is 3.43. The van der Waals surface area contributed by atoms with Crippen molar-refractivity contribution in [1.29, 1.82) is 0 Å². The number of halogens is 1. The zero-order valence-corrected chi connectivity index (χ0v) is 16.3. The summed E-state index contributed by atoms with van der Waals surface area (Å²) < 4.78 is 0. The first kappa shape index (κ1) is 18.0. The normalized spacial score (nSPS) is 15.3. The number of nitrogens with one attached hydrogen (secondary N) is 1. The molecule has 1 aliphatic heterocycles. The Morgan fingerprint density at radius 1 is 0.963 bits per heavy atom. The molecule has 1 aromatic heterocycles. The van der Waals surface area contributed by atoms with Gasteiger partial charge in [-0.3, -0.25) is 0 Å². The molecule has 0 spiro atoms. The highest BCUT2D eigenvalue weighted by Gasteiger charge is 2.19. The number of likely N-dealkylation sites (N-methyl/N-ethyl adjacent to an activating group) is 1. The highest BCUT2D eigenvalue weighted by molar-refractivity contribution is 6.31. The molecular formula is C21H24ClN5. The molecule has 140 valence electrons. The lowest BCUT2D eigenvalue weighted by Crippen LogP contribution is -2.46. The first-order valence-electron chi connectivity index (χ1n) is 9.46. The predicted octanol–water partition coefficient (Wildman–Crippen LogP) is 4.04. The van der Waals surface area contributed by atoms with Crippen LogP contribution in [-0.4, -0.2) is 47.6 Å². The number of para-hydroxylation sites is 1. The van der Waals surface area contributed by atoms with Crippen LogP contribution in [0.4, 0.5) is 11.8 Å². The van der Waals surface area contributed by atoms with Crippen molar-refractivity contribution in [2.75, 3.05) is 42.9 Å². The summed E-state index contributed by atoms with van der Waals surface area (Å²) in [5.74, 6) is 1.65. The van der Waals surface area contributed by atoms with E-state index in [1.165, 1.54) is 0 Å². The van der Waals surface area contributed by atoms with Crippen LogP contribution >= 0.6 is 11.6 Å². The molecule has 4 rings (SSSR count). The molecule has 2 aromatic carbocycles. The van der Waals surface area contributed by atoms with Crippen LogP contribution in [0.25, 0.3) is 10.9 Å². The minimum Gasteiger partial charge on any atom is -0.365 e. The van der Waals surface area contributed by atoms with Gasteiger partial charge < -0.3 is 15.1 Å². The van der Waals surface area contributed by atoms with Crippen molar-refractivity contribution in [3.63, 3.8) is 0 Å². The quantitative estimate of drug-likeness (QED) is 0.722. The molecule has 0 aliphatic carbocycles. The van der Waals surface area contributed by atoms with E-state index >= 15 is 0 Å². The van der Waals surface area contributed by atoms with E-state index in [4.69, 9.17) is 21.6 Å². The lowest BCUT2D eigenvalue weighted by molar-refractivity contribution is 0.270. The number of rotatable bonds is 5. The summed E-state index contributed by atoms with van der Waals surface area (Å²) in [5, 5.41) is 5.26. The Balaban J connectivity index is 1.62. The maximum Gasteiger partial charge on any atom is 0.227 e. The lowest BCUT2D eigenvalue weighted by Gasteiger charge is -2.34. The minimum atomic E-state index is 0.629. The minimum absolute atomic E-state index is 0.629. The topological polar surface area (TPSA) is 44.3 Å². The van der Waals surface area contributed by atoms with Crippen molar-refractivity contribution in [1.82, 2.24) is 14.9 Å². The van der Waals surface area contributed by atoms with Crippen LogP contribution in [0, 0.1) is 0 Å². The van der Waals surface area contributed by atoms with Crippen molar-refractivity contribution < 1.29 is 0 Å². The number of hydrogen-bond donors (Lipinski definition) is 1. The van der Waals surface area contributed by atoms with Crippen molar-refractivity contribution in [2.24, 2.45) is 0 Å². The van der Waals surface area contributed by atoms with Gasteiger partial charge in [0.25, 0.3) is 0 Å². The number of aromatic nitrogens is 2. The molecule has 0 amide bonds. The SMILES string of the molecule is CCN1CCN(c2nc(NCc3ccccc3Cl)c3ccccc3n2)CC1. The second kappa shape index (κ2) is 8.11. The summed E-state index contributed by atoms with van der Waals surface area (Å²) in [4.78, 5) is 14.4. The van der Waals surface area contributed by atoms with Crippen molar-refractivity contribution in [3.05, 3.63) is 59.1 Å². The van der Waals surface area contributed by atoms with Crippen LogP contribution < -0.4 is 10.2 Å². The molecule has 0 radical (unpaired) electrons. The first-order valence-corrected chi connectivity index (χ1v) is 9.84. The van der Waals surface area contributed by atoms with E-state index in [1.54, 1.807) is 0 Å². The third kappa shape index (κ3) is 3.99. The van der Waals surface area contributed by atoms with E-state index in [2.05, 4.69) is 28.1 Å².